The molecule has 3 heteroatoms. The summed E-state index contributed by atoms with van der Waals surface area (Å²) in [6.07, 6.45) is 0. The maximum absolute atomic E-state index is 10.4. The van der Waals surface area contributed by atoms with Gasteiger partial charge in [0.2, 0.25) is 0 Å². The van der Waals surface area contributed by atoms with Crippen molar-refractivity contribution < 1.29 is 5.11 Å². The molecule has 0 unspecified atom stereocenters. The van der Waals surface area contributed by atoms with Gasteiger partial charge in [0.05, 0.1) is 11.0 Å². The van der Waals surface area contributed by atoms with Crippen molar-refractivity contribution in [1.82, 2.24) is 4.57 Å². The van der Waals surface area contributed by atoms with Crippen molar-refractivity contribution >= 4 is 33.2 Å². The van der Waals surface area contributed by atoms with Crippen LogP contribution < -0.4 is 5.32 Å². The number of phenols is 1. The van der Waals surface area contributed by atoms with Crippen LogP contribution in [0.3, 0.4) is 0 Å². The van der Waals surface area contributed by atoms with E-state index in [1.807, 2.05) is 36.4 Å². The molecule has 0 spiro atoms. The number of hydrogen-bond donors (Lipinski definition) is 2. The van der Waals surface area contributed by atoms with Gasteiger partial charge in [-0.25, -0.2) is 0 Å². The van der Waals surface area contributed by atoms with Gasteiger partial charge in [-0.2, -0.15) is 0 Å². The molecule has 45 heavy (non-hydrogen) atoms. The van der Waals surface area contributed by atoms with E-state index in [1.165, 1.54) is 27.5 Å². The largest absolute Gasteiger partial charge is 0.507 e. The first-order chi connectivity index (χ1) is 22.2. The predicted octanol–water partition coefficient (Wildman–Crippen LogP) is 11.2. The van der Waals surface area contributed by atoms with Gasteiger partial charge in [0, 0.05) is 39.0 Å². The number of fused-ring (bicyclic) bond motifs is 3. The topological polar surface area (TPSA) is 37.2 Å². The van der Waals surface area contributed by atoms with Gasteiger partial charge in [0.15, 0.2) is 0 Å². The number of nitrogens with zero attached hydrogens (tertiary/aromatic N) is 1. The Bertz CT molecular complexity index is 2290. The predicted molar refractivity (Wildman–Crippen MR) is 188 cm³/mol. The molecule has 0 radical (unpaired) electrons. The highest BCUT2D eigenvalue weighted by Gasteiger charge is 2.15. The van der Waals surface area contributed by atoms with Crippen LogP contribution in [0.1, 0.15) is 0 Å². The number of phenolic OH excluding ortho intramolecular Hbond substituents is 1. The van der Waals surface area contributed by atoms with E-state index in [9.17, 15) is 5.11 Å². The van der Waals surface area contributed by atoms with Crippen molar-refractivity contribution in [1.29, 1.82) is 0 Å². The summed E-state index contributed by atoms with van der Waals surface area (Å²) in [6, 6.07) is 58.8. The molecule has 8 aromatic rings. The molecule has 1 heterocycles. The van der Waals surface area contributed by atoms with Gasteiger partial charge < -0.3 is 15.0 Å². The summed E-state index contributed by atoms with van der Waals surface area (Å²) in [4.78, 5) is 0. The van der Waals surface area contributed by atoms with Gasteiger partial charge >= 0.3 is 0 Å². The van der Waals surface area contributed by atoms with E-state index in [1.54, 1.807) is 6.07 Å². The molecule has 0 aliphatic heterocycles. The van der Waals surface area contributed by atoms with E-state index in [-0.39, 0.29) is 5.75 Å². The molecular formula is C42H30N2O. The summed E-state index contributed by atoms with van der Waals surface area (Å²) in [5.74, 6) is 0.286. The van der Waals surface area contributed by atoms with Crippen molar-refractivity contribution in [2.24, 2.45) is 0 Å². The van der Waals surface area contributed by atoms with Crippen LogP contribution in [0.4, 0.5) is 11.4 Å². The van der Waals surface area contributed by atoms with E-state index < -0.39 is 0 Å². The standard InChI is InChI=1S/C42H30N2O/c45-42-18-10-8-15-35(42)30-19-23-34(24-20-30)44-40-17-9-7-16-36(40)38-28-32(22-26-41(38)44)31-21-25-39(43-33-13-5-2-6-14-33)37(27-31)29-11-3-1-4-12-29/h1-28,43,45H. The highest BCUT2D eigenvalue weighted by molar-refractivity contribution is 6.10. The second kappa shape index (κ2) is 11.2. The first-order valence-electron chi connectivity index (χ1n) is 15.2. The lowest BCUT2D eigenvalue weighted by Gasteiger charge is -2.15. The second-order valence-corrected chi connectivity index (χ2v) is 11.3. The zero-order valence-corrected chi connectivity index (χ0v) is 24.6. The minimum absolute atomic E-state index is 0.286. The quantitative estimate of drug-likeness (QED) is 0.206. The number of nitrogens with one attached hydrogen (secondary N) is 1. The Morgan fingerprint density at radius 2 is 1.02 bits per heavy atom. The molecule has 1 aromatic heterocycles. The molecule has 0 atom stereocenters. The van der Waals surface area contributed by atoms with Crippen LogP contribution in [0.2, 0.25) is 0 Å². The van der Waals surface area contributed by atoms with Crippen molar-refractivity contribution in [2.75, 3.05) is 5.32 Å². The highest BCUT2D eigenvalue weighted by atomic mass is 16.3. The molecule has 0 amide bonds. The molecule has 0 saturated heterocycles. The molecule has 3 nitrogen and oxygen atoms in total. The molecule has 7 aromatic carbocycles. The average Bonchev–Trinajstić information content (AvgIpc) is 3.43. The number of hydrogen-bond acceptors (Lipinski definition) is 2. The number of rotatable bonds is 6. The van der Waals surface area contributed by atoms with E-state index in [4.69, 9.17) is 0 Å². The summed E-state index contributed by atoms with van der Waals surface area (Å²) in [5, 5.41) is 16.4. The van der Waals surface area contributed by atoms with Crippen LogP contribution in [-0.2, 0) is 0 Å². The molecule has 2 N–H and O–H groups in total. The first kappa shape index (κ1) is 26.6. The van der Waals surface area contributed by atoms with Crippen LogP contribution in [0.5, 0.6) is 5.75 Å². The van der Waals surface area contributed by atoms with Crippen LogP contribution in [0.15, 0.2) is 170 Å². The summed E-state index contributed by atoms with van der Waals surface area (Å²) in [7, 11) is 0. The Morgan fingerprint density at radius 3 is 1.82 bits per heavy atom. The van der Waals surface area contributed by atoms with Gasteiger partial charge in [-0.05, 0) is 82.9 Å². The third-order valence-electron chi connectivity index (χ3n) is 8.50. The van der Waals surface area contributed by atoms with Crippen molar-refractivity contribution in [3.63, 3.8) is 0 Å². The van der Waals surface area contributed by atoms with Crippen molar-refractivity contribution in [2.45, 2.75) is 0 Å². The maximum atomic E-state index is 10.4. The number of para-hydroxylation sites is 3. The number of anilines is 2. The summed E-state index contributed by atoms with van der Waals surface area (Å²) in [5.41, 5.74) is 12.0. The SMILES string of the molecule is Oc1ccccc1-c1ccc(-n2c3ccccc3c3cc(-c4ccc(Nc5ccccc5)c(-c5ccccc5)c4)ccc32)cc1. The third kappa shape index (κ3) is 4.91. The van der Waals surface area contributed by atoms with Gasteiger partial charge in [0.1, 0.15) is 5.75 Å². The van der Waals surface area contributed by atoms with Crippen LogP contribution in [0.25, 0.3) is 60.9 Å². The minimum atomic E-state index is 0.286. The van der Waals surface area contributed by atoms with E-state index in [0.29, 0.717) is 0 Å². The highest BCUT2D eigenvalue weighted by Crippen LogP contribution is 2.39. The number of aromatic nitrogens is 1. The normalized spacial score (nSPS) is 11.2. The molecule has 214 valence electrons. The fourth-order valence-electron chi connectivity index (χ4n) is 6.30. The van der Waals surface area contributed by atoms with Crippen molar-refractivity contribution in [3.05, 3.63) is 170 Å². The third-order valence-corrected chi connectivity index (χ3v) is 8.50. The molecule has 0 bridgehead atoms. The minimum Gasteiger partial charge on any atom is -0.507 e. The van der Waals surface area contributed by atoms with Gasteiger partial charge in [0.25, 0.3) is 0 Å². The van der Waals surface area contributed by atoms with E-state index in [2.05, 4.69) is 137 Å². The Morgan fingerprint density at radius 1 is 0.422 bits per heavy atom. The van der Waals surface area contributed by atoms with Crippen LogP contribution in [0, 0.1) is 0 Å². The zero-order chi connectivity index (χ0) is 30.2. The lowest BCUT2D eigenvalue weighted by Crippen LogP contribution is -1.94. The zero-order valence-electron chi connectivity index (χ0n) is 24.6. The molecule has 8 rings (SSSR count). The smallest absolute Gasteiger partial charge is 0.123 e. The molecule has 0 fully saturated rings. The lowest BCUT2D eigenvalue weighted by atomic mass is 9.96. The maximum Gasteiger partial charge on any atom is 0.123 e. The Hall–Kier alpha value is -6.06. The van der Waals surface area contributed by atoms with Crippen LogP contribution >= 0.6 is 0 Å². The summed E-state index contributed by atoms with van der Waals surface area (Å²) >= 11 is 0. The summed E-state index contributed by atoms with van der Waals surface area (Å²) in [6.45, 7) is 0. The van der Waals surface area contributed by atoms with E-state index in [0.717, 1.165) is 44.8 Å². The van der Waals surface area contributed by atoms with E-state index >= 15 is 0 Å². The van der Waals surface area contributed by atoms with Gasteiger partial charge in [-0.1, -0.05) is 109 Å². The number of benzene rings is 7. The Labute approximate surface area is 262 Å². The second-order valence-electron chi connectivity index (χ2n) is 11.3. The van der Waals surface area contributed by atoms with Gasteiger partial charge in [-0.15, -0.1) is 0 Å². The summed E-state index contributed by atoms with van der Waals surface area (Å²) < 4.78 is 2.32. The molecule has 0 saturated carbocycles. The number of aromatic hydroxyl groups is 1. The fourth-order valence-corrected chi connectivity index (χ4v) is 6.30. The average molecular weight is 579 g/mol. The Balaban J connectivity index is 1.23. The van der Waals surface area contributed by atoms with Crippen LogP contribution in [-0.4, -0.2) is 9.67 Å². The lowest BCUT2D eigenvalue weighted by molar-refractivity contribution is 0.477. The van der Waals surface area contributed by atoms with Crippen molar-refractivity contribution in [3.8, 4) is 44.8 Å². The molecule has 0 aliphatic carbocycles. The van der Waals surface area contributed by atoms with Gasteiger partial charge in [-0.3, -0.25) is 0 Å². The molecular weight excluding hydrogens is 548 g/mol. The Kier molecular flexibility index (Phi) is 6.62. The monoisotopic (exact) mass is 578 g/mol. The fraction of sp³-hybridized carbons (Fsp3) is 0. The first-order valence-corrected chi connectivity index (χ1v) is 15.2. The molecule has 0 aliphatic rings.